The van der Waals surface area contributed by atoms with Gasteiger partial charge in [-0.25, -0.2) is 4.98 Å². The molecule has 3 nitrogen and oxygen atoms in total. The minimum Gasteiger partial charge on any atom is -0.327 e. The van der Waals surface area contributed by atoms with E-state index in [1.807, 2.05) is 17.8 Å². The number of aromatic nitrogens is 3. The Kier molecular flexibility index (Phi) is 4.29. The maximum Gasteiger partial charge on any atom is 0.124 e. The van der Waals surface area contributed by atoms with E-state index in [0.717, 1.165) is 29.2 Å². The molecule has 0 N–H and O–H groups in total. The summed E-state index contributed by atoms with van der Waals surface area (Å²) >= 11 is 7.83. The molecule has 2 rings (SSSR count). The number of hydrogen-bond acceptors (Lipinski definition) is 3. The first-order valence-corrected chi connectivity index (χ1v) is 7.53. The Balaban J connectivity index is 2.36. The van der Waals surface area contributed by atoms with Gasteiger partial charge in [0, 0.05) is 12.7 Å². The third-order valence-electron chi connectivity index (χ3n) is 2.69. The predicted octanol–water partition coefficient (Wildman–Crippen LogP) is 3.17. The molecule has 1 atom stereocenters. The first kappa shape index (κ1) is 12.7. The number of halogens is 1. The molecule has 17 heavy (non-hydrogen) atoms. The van der Waals surface area contributed by atoms with Gasteiger partial charge >= 0.3 is 0 Å². The van der Waals surface area contributed by atoms with E-state index < -0.39 is 0 Å². The summed E-state index contributed by atoms with van der Waals surface area (Å²) < 4.78 is 2.21. The summed E-state index contributed by atoms with van der Waals surface area (Å²) in [6, 6.07) is 2.00. The van der Waals surface area contributed by atoms with Gasteiger partial charge in [-0.2, -0.15) is 11.8 Å². The maximum atomic E-state index is 5.96. The number of imidazole rings is 1. The second-order valence-corrected chi connectivity index (χ2v) is 5.38. The molecule has 0 fully saturated rings. The number of rotatable bonds is 5. The molecule has 0 saturated heterocycles. The smallest absolute Gasteiger partial charge is 0.124 e. The molecule has 1 unspecified atom stereocenters. The molecule has 0 saturated carbocycles. The van der Waals surface area contributed by atoms with E-state index in [1.54, 1.807) is 12.4 Å². The largest absolute Gasteiger partial charge is 0.327 e. The Bertz CT molecular complexity index is 497. The Morgan fingerprint density at radius 2 is 2.35 bits per heavy atom. The van der Waals surface area contributed by atoms with Gasteiger partial charge < -0.3 is 4.57 Å². The Hall–Kier alpha value is -0.740. The fourth-order valence-corrected chi connectivity index (χ4v) is 2.86. The van der Waals surface area contributed by atoms with Gasteiger partial charge in [0.05, 0.1) is 17.6 Å². The molecule has 0 amide bonds. The minimum absolute atomic E-state index is 0.445. The third kappa shape index (κ3) is 2.75. The van der Waals surface area contributed by atoms with Crippen molar-refractivity contribution in [2.24, 2.45) is 5.92 Å². The van der Waals surface area contributed by atoms with Crippen LogP contribution in [0.15, 0.2) is 18.5 Å². The first-order valence-electron chi connectivity index (χ1n) is 5.60. The lowest BCUT2D eigenvalue weighted by Gasteiger charge is -2.13. The summed E-state index contributed by atoms with van der Waals surface area (Å²) in [6.45, 7) is 3.21. The van der Waals surface area contributed by atoms with Crippen molar-refractivity contribution in [2.45, 2.75) is 19.3 Å². The van der Waals surface area contributed by atoms with E-state index >= 15 is 0 Å². The van der Waals surface area contributed by atoms with Crippen LogP contribution in [0.3, 0.4) is 0 Å². The van der Waals surface area contributed by atoms with Gasteiger partial charge in [-0.15, -0.1) is 11.6 Å². The van der Waals surface area contributed by atoms with Crippen molar-refractivity contribution in [3.63, 3.8) is 0 Å². The van der Waals surface area contributed by atoms with Crippen LogP contribution in [0.1, 0.15) is 12.7 Å². The van der Waals surface area contributed by atoms with Crippen LogP contribution in [0.4, 0.5) is 0 Å². The lowest BCUT2D eigenvalue weighted by Crippen LogP contribution is -2.12. The Morgan fingerprint density at radius 1 is 1.53 bits per heavy atom. The molecule has 2 aromatic heterocycles. The van der Waals surface area contributed by atoms with E-state index in [9.17, 15) is 0 Å². The van der Waals surface area contributed by atoms with Crippen LogP contribution in [0.5, 0.6) is 0 Å². The molecule has 0 aliphatic heterocycles. The van der Waals surface area contributed by atoms with E-state index in [1.165, 1.54) is 0 Å². The summed E-state index contributed by atoms with van der Waals surface area (Å²) in [6.07, 6.45) is 5.73. The molecule has 92 valence electrons. The van der Waals surface area contributed by atoms with E-state index in [4.69, 9.17) is 11.6 Å². The molecule has 0 bridgehead atoms. The fraction of sp³-hybridized carbons (Fsp3) is 0.500. The lowest BCUT2D eigenvalue weighted by atomic mass is 10.2. The van der Waals surface area contributed by atoms with Crippen LogP contribution in [-0.4, -0.2) is 26.5 Å². The average Bonchev–Trinajstić information content (AvgIpc) is 2.68. The molecule has 0 aliphatic carbocycles. The van der Waals surface area contributed by atoms with E-state index in [-0.39, 0.29) is 0 Å². The number of thioether (sulfide) groups is 1. The van der Waals surface area contributed by atoms with Crippen LogP contribution >= 0.6 is 23.4 Å². The zero-order valence-electron chi connectivity index (χ0n) is 10.1. The second-order valence-electron chi connectivity index (χ2n) is 4.20. The number of alkyl halides is 1. The van der Waals surface area contributed by atoms with E-state index in [0.29, 0.717) is 11.8 Å². The number of hydrogen-bond donors (Lipinski definition) is 0. The Morgan fingerprint density at radius 3 is 3.06 bits per heavy atom. The summed E-state index contributed by atoms with van der Waals surface area (Å²) in [5.41, 5.74) is 2.06. The SMILES string of the molecule is CSCC(C)Cn1c(CCl)nc2cnccc21. The summed E-state index contributed by atoms with van der Waals surface area (Å²) in [7, 11) is 0. The Labute approximate surface area is 111 Å². The van der Waals surface area contributed by atoms with Gasteiger partial charge in [0.25, 0.3) is 0 Å². The van der Waals surface area contributed by atoms with Gasteiger partial charge in [0.15, 0.2) is 0 Å². The monoisotopic (exact) mass is 269 g/mol. The van der Waals surface area contributed by atoms with Crippen molar-refractivity contribution < 1.29 is 0 Å². The van der Waals surface area contributed by atoms with Crippen molar-refractivity contribution in [3.8, 4) is 0 Å². The topological polar surface area (TPSA) is 30.7 Å². The molecule has 0 radical (unpaired) electrons. The highest BCUT2D eigenvalue weighted by Gasteiger charge is 2.12. The molecule has 2 heterocycles. The van der Waals surface area contributed by atoms with Gasteiger partial charge in [-0.1, -0.05) is 6.92 Å². The standard InChI is InChI=1S/C12H16ClN3S/c1-9(8-17-2)7-16-11-3-4-14-6-10(11)15-12(16)5-13/h3-4,6,9H,5,7-8H2,1-2H3. The van der Waals surface area contributed by atoms with Crippen molar-refractivity contribution >= 4 is 34.4 Å². The van der Waals surface area contributed by atoms with Gasteiger partial charge in [0.2, 0.25) is 0 Å². The summed E-state index contributed by atoms with van der Waals surface area (Å²) in [4.78, 5) is 8.60. The minimum atomic E-state index is 0.445. The van der Waals surface area contributed by atoms with Crippen LogP contribution in [0.25, 0.3) is 11.0 Å². The highest BCUT2D eigenvalue weighted by atomic mass is 35.5. The van der Waals surface area contributed by atoms with Crippen molar-refractivity contribution in [1.29, 1.82) is 0 Å². The van der Waals surface area contributed by atoms with Crippen molar-refractivity contribution in [2.75, 3.05) is 12.0 Å². The lowest BCUT2D eigenvalue weighted by molar-refractivity contribution is 0.530. The molecule has 0 aliphatic rings. The maximum absolute atomic E-state index is 5.96. The molecule has 5 heteroatoms. The van der Waals surface area contributed by atoms with Crippen LogP contribution < -0.4 is 0 Å². The van der Waals surface area contributed by atoms with Crippen molar-refractivity contribution in [1.82, 2.24) is 14.5 Å². The summed E-state index contributed by atoms with van der Waals surface area (Å²) in [5, 5.41) is 0. The van der Waals surface area contributed by atoms with E-state index in [2.05, 4.69) is 27.7 Å². The fourth-order valence-electron chi connectivity index (χ4n) is 1.99. The van der Waals surface area contributed by atoms with Gasteiger partial charge in [-0.05, 0) is 24.0 Å². The second kappa shape index (κ2) is 5.74. The third-order valence-corrected chi connectivity index (χ3v) is 3.84. The van der Waals surface area contributed by atoms with Gasteiger partial charge in [0.1, 0.15) is 11.3 Å². The molecule has 2 aromatic rings. The zero-order valence-corrected chi connectivity index (χ0v) is 11.6. The number of fused-ring (bicyclic) bond motifs is 1. The summed E-state index contributed by atoms with van der Waals surface area (Å²) in [5.74, 6) is 3.13. The average molecular weight is 270 g/mol. The van der Waals surface area contributed by atoms with Crippen molar-refractivity contribution in [3.05, 3.63) is 24.3 Å². The number of nitrogens with zero attached hydrogens (tertiary/aromatic N) is 3. The predicted molar refractivity (Wildman–Crippen MR) is 74.6 cm³/mol. The highest BCUT2D eigenvalue weighted by molar-refractivity contribution is 7.98. The van der Waals surface area contributed by atoms with Crippen LogP contribution in [0, 0.1) is 5.92 Å². The molecule has 0 spiro atoms. The van der Waals surface area contributed by atoms with Gasteiger partial charge in [-0.3, -0.25) is 4.98 Å². The highest BCUT2D eigenvalue weighted by Crippen LogP contribution is 2.19. The molecule has 0 aromatic carbocycles. The number of pyridine rings is 1. The molecular formula is C12H16ClN3S. The zero-order chi connectivity index (χ0) is 12.3. The van der Waals surface area contributed by atoms with Crippen LogP contribution in [0.2, 0.25) is 0 Å². The molecular weight excluding hydrogens is 254 g/mol. The first-order chi connectivity index (χ1) is 8.26. The van der Waals surface area contributed by atoms with Crippen LogP contribution in [-0.2, 0) is 12.4 Å². The quantitative estimate of drug-likeness (QED) is 0.781. The normalized spacial score (nSPS) is 13.1.